The van der Waals surface area contributed by atoms with Gasteiger partial charge in [0.15, 0.2) is 11.1 Å². The standard InChI is InChI=1S/C26H40Cl2O3S2/c1-2-3-4-5-6-7-8-9-10-11-12-13-14-15-23(21-33(30)31)18-19-32(29)22-24-16-17-25(27)20-26(24)28/h9-10,16-20,23H,2-8,11-15,21-22H2,1H3,(H,30,31). The molecule has 0 aliphatic carbocycles. The highest BCUT2D eigenvalue weighted by Crippen LogP contribution is 2.23. The molecule has 0 aliphatic rings. The quantitative estimate of drug-likeness (QED) is 0.109. The molecule has 7 heteroatoms. The molecule has 1 N–H and O–H groups in total. The molecule has 1 aromatic rings. The van der Waals surface area contributed by atoms with Gasteiger partial charge in [0.2, 0.25) is 0 Å². The van der Waals surface area contributed by atoms with Crippen molar-refractivity contribution in [3.63, 3.8) is 0 Å². The Morgan fingerprint density at radius 2 is 1.58 bits per heavy atom. The molecule has 1 aromatic carbocycles. The van der Waals surface area contributed by atoms with Crippen LogP contribution in [0, 0.1) is 5.92 Å². The fraction of sp³-hybridized carbons (Fsp3) is 0.615. The lowest BCUT2D eigenvalue weighted by Gasteiger charge is -2.10. The third kappa shape index (κ3) is 16.7. The van der Waals surface area contributed by atoms with E-state index in [1.165, 1.54) is 44.9 Å². The van der Waals surface area contributed by atoms with Crippen molar-refractivity contribution in [2.24, 2.45) is 5.92 Å². The van der Waals surface area contributed by atoms with Gasteiger partial charge in [-0.05, 0) is 61.1 Å². The summed E-state index contributed by atoms with van der Waals surface area (Å²) in [7, 11) is -1.24. The first-order chi connectivity index (χ1) is 15.9. The molecular weight excluding hydrogens is 495 g/mol. The van der Waals surface area contributed by atoms with Crippen LogP contribution in [-0.4, -0.2) is 18.7 Å². The van der Waals surface area contributed by atoms with Gasteiger partial charge in [0.25, 0.3) is 0 Å². The summed E-state index contributed by atoms with van der Waals surface area (Å²) < 4.78 is 33.0. The maximum absolute atomic E-state index is 12.4. The SMILES string of the molecule is CCCCCCCCC=CCCCCCC(C=CS(=O)Cc1ccc(Cl)cc1Cl)CS(=O)O. The Labute approximate surface area is 216 Å². The second-order valence-electron chi connectivity index (χ2n) is 8.50. The van der Waals surface area contributed by atoms with Gasteiger partial charge in [-0.1, -0.05) is 99.4 Å². The van der Waals surface area contributed by atoms with E-state index in [-0.39, 0.29) is 11.7 Å². The lowest BCUT2D eigenvalue weighted by molar-refractivity contribution is 0.530. The minimum Gasteiger partial charge on any atom is -0.306 e. The Hall–Kier alpha value is -0.460. The van der Waals surface area contributed by atoms with Crippen LogP contribution in [0.25, 0.3) is 0 Å². The van der Waals surface area contributed by atoms with Crippen molar-refractivity contribution < 1.29 is 13.0 Å². The highest BCUT2D eigenvalue weighted by Gasteiger charge is 2.10. The zero-order valence-electron chi connectivity index (χ0n) is 19.9. The lowest BCUT2D eigenvalue weighted by atomic mass is 10.0. The molecule has 0 saturated carbocycles. The van der Waals surface area contributed by atoms with Crippen molar-refractivity contribution in [1.29, 1.82) is 0 Å². The maximum Gasteiger partial charge on any atom is 0.153 e. The summed E-state index contributed by atoms with van der Waals surface area (Å²) in [4.78, 5) is 0. The molecule has 0 fully saturated rings. The van der Waals surface area contributed by atoms with Crippen molar-refractivity contribution in [3.05, 3.63) is 57.4 Å². The lowest BCUT2D eigenvalue weighted by Crippen LogP contribution is -2.09. The van der Waals surface area contributed by atoms with Gasteiger partial charge in [-0.15, -0.1) is 0 Å². The zero-order chi connectivity index (χ0) is 24.3. The summed E-state index contributed by atoms with van der Waals surface area (Å²) in [6.07, 6.45) is 20.7. The van der Waals surface area contributed by atoms with E-state index >= 15 is 0 Å². The first-order valence-corrected chi connectivity index (χ1v) is 15.6. The maximum atomic E-state index is 12.4. The van der Waals surface area contributed by atoms with Gasteiger partial charge in [0, 0.05) is 20.8 Å². The minimum atomic E-state index is -1.87. The Balaban J connectivity index is 2.27. The summed E-state index contributed by atoms with van der Waals surface area (Å²) >= 11 is 10.2. The summed E-state index contributed by atoms with van der Waals surface area (Å²) in [6, 6.07) is 5.14. The number of hydrogen-bond donors (Lipinski definition) is 1. The predicted molar refractivity (Wildman–Crippen MR) is 147 cm³/mol. The number of rotatable bonds is 19. The number of benzene rings is 1. The summed E-state index contributed by atoms with van der Waals surface area (Å²) in [6.45, 7) is 2.25. The first kappa shape index (κ1) is 30.6. The van der Waals surface area contributed by atoms with Gasteiger partial charge in [0.1, 0.15) is 0 Å². The third-order valence-electron chi connectivity index (χ3n) is 5.51. The van der Waals surface area contributed by atoms with Crippen LogP contribution in [-0.2, 0) is 27.6 Å². The second-order valence-corrected chi connectivity index (χ2v) is 11.6. The summed E-state index contributed by atoms with van der Waals surface area (Å²) in [5.41, 5.74) is 0.774. The van der Waals surface area contributed by atoms with Gasteiger partial charge in [-0.2, -0.15) is 0 Å². The van der Waals surface area contributed by atoms with Gasteiger partial charge >= 0.3 is 0 Å². The molecule has 0 amide bonds. The minimum absolute atomic E-state index is 0.0521. The van der Waals surface area contributed by atoms with E-state index in [9.17, 15) is 13.0 Å². The normalized spacial score (nSPS) is 14.8. The van der Waals surface area contributed by atoms with Gasteiger partial charge in [0.05, 0.1) is 11.5 Å². The van der Waals surface area contributed by atoms with E-state index in [1.807, 2.05) is 6.08 Å². The average Bonchev–Trinajstić information content (AvgIpc) is 2.76. The first-order valence-electron chi connectivity index (χ1n) is 12.1. The van der Waals surface area contributed by atoms with Crippen molar-refractivity contribution in [2.75, 3.05) is 5.75 Å². The topological polar surface area (TPSA) is 54.4 Å². The monoisotopic (exact) mass is 534 g/mol. The van der Waals surface area contributed by atoms with Crippen LogP contribution in [0.1, 0.15) is 89.5 Å². The van der Waals surface area contributed by atoms with E-state index in [1.54, 1.807) is 23.6 Å². The third-order valence-corrected chi connectivity index (χ3v) is 7.87. The van der Waals surface area contributed by atoms with E-state index in [0.29, 0.717) is 15.8 Å². The molecule has 1 rings (SSSR count). The average molecular weight is 536 g/mol. The Bertz CT molecular complexity index is 766. The largest absolute Gasteiger partial charge is 0.306 e. The van der Waals surface area contributed by atoms with E-state index < -0.39 is 21.9 Å². The van der Waals surface area contributed by atoms with Crippen molar-refractivity contribution in [1.82, 2.24) is 0 Å². The van der Waals surface area contributed by atoms with E-state index in [0.717, 1.165) is 37.7 Å². The molecule has 188 valence electrons. The van der Waals surface area contributed by atoms with Crippen LogP contribution < -0.4 is 0 Å². The van der Waals surface area contributed by atoms with Crippen LogP contribution in [0.3, 0.4) is 0 Å². The second kappa shape index (κ2) is 19.8. The Morgan fingerprint density at radius 1 is 0.939 bits per heavy atom. The molecular formula is C26H40Cl2O3S2. The fourth-order valence-corrected chi connectivity index (χ4v) is 5.83. The fourth-order valence-electron chi connectivity index (χ4n) is 3.58. The highest BCUT2D eigenvalue weighted by molar-refractivity contribution is 7.87. The molecule has 0 radical (unpaired) electrons. The van der Waals surface area contributed by atoms with Crippen molar-refractivity contribution >= 4 is 45.1 Å². The molecule has 0 heterocycles. The molecule has 3 atom stereocenters. The predicted octanol–water partition coefficient (Wildman–Crippen LogP) is 8.85. The number of hydrogen-bond acceptors (Lipinski definition) is 2. The van der Waals surface area contributed by atoms with E-state index in [2.05, 4.69) is 19.1 Å². The van der Waals surface area contributed by atoms with Crippen LogP contribution in [0.15, 0.2) is 41.8 Å². The Morgan fingerprint density at radius 3 is 2.21 bits per heavy atom. The zero-order valence-corrected chi connectivity index (χ0v) is 23.0. The van der Waals surface area contributed by atoms with Crippen molar-refractivity contribution in [3.8, 4) is 0 Å². The van der Waals surface area contributed by atoms with Gasteiger partial charge in [-0.3, -0.25) is 4.21 Å². The molecule has 3 unspecified atom stereocenters. The van der Waals surface area contributed by atoms with Crippen LogP contribution in [0.4, 0.5) is 0 Å². The van der Waals surface area contributed by atoms with Gasteiger partial charge < -0.3 is 4.55 Å². The molecule has 33 heavy (non-hydrogen) atoms. The van der Waals surface area contributed by atoms with E-state index in [4.69, 9.17) is 23.2 Å². The van der Waals surface area contributed by atoms with Crippen LogP contribution in [0.2, 0.25) is 10.0 Å². The molecule has 0 saturated heterocycles. The molecule has 3 nitrogen and oxygen atoms in total. The summed E-state index contributed by atoms with van der Waals surface area (Å²) in [5, 5.41) is 2.68. The molecule has 0 aliphatic heterocycles. The Kier molecular flexibility index (Phi) is 18.3. The molecule has 0 spiro atoms. The van der Waals surface area contributed by atoms with Crippen LogP contribution >= 0.6 is 23.2 Å². The number of unbranched alkanes of at least 4 members (excludes halogenated alkanes) is 9. The van der Waals surface area contributed by atoms with Gasteiger partial charge in [-0.25, -0.2) is 4.21 Å². The molecule has 0 bridgehead atoms. The molecule has 0 aromatic heterocycles. The highest BCUT2D eigenvalue weighted by atomic mass is 35.5. The number of allylic oxidation sites excluding steroid dienone is 3. The summed E-state index contributed by atoms with van der Waals surface area (Å²) in [5.74, 6) is 0.420. The van der Waals surface area contributed by atoms with Crippen LogP contribution in [0.5, 0.6) is 0 Å². The smallest absolute Gasteiger partial charge is 0.153 e. The van der Waals surface area contributed by atoms with Crippen molar-refractivity contribution in [2.45, 2.75) is 89.7 Å². The number of halogens is 2.